The first-order valence-corrected chi connectivity index (χ1v) is 5.28. The number of rotatable bonds is 4. The van der Waals surface area contributed by atoms with Gasteiger partial charge in [0.05, 0.1) is 11.7 Å². The van der Waals surface area contributed by atoms with Crippen LogP contribution in [0.25, 0.3) is 0 Å². The van der Waals surface area contributed by atoms with E-state index in [1.807, 2.05) is 27.7 Å². The molecule has 0 aromatic carbocycles. The van der Waals surface area contributed by atoms with E-state index >= 15 is 0 Å². The lowest BCUT2D eigenvalue weighted by Crippen LogP contribution is -2.33. The van der Waals surface area contributed by atoms with Crippen LogP contribution in [-0.2, 0) is 16.9 Å². The first-order chi connectivity index (χ1) is 7.29. The minimum atomic E-state index is -0.535. The lowest BCUT2D eigenvalue weighted by Gasteiger charge is -2.13. The van der Waals surface area contributed by atoms with Crippen molar-refractivity contribution in [2.45, 2.75) is 45.8 Å². The molecule has 90 valence electrons. The summed E-state index contributed by atoms with van der Waals surface area (Å²) in [5, 5.41) is 10.6. The van der Waals surface area contributed by atoms with E-state index in [9.17, 15) is 4.79 Å². The normalized spacial score (nSPS) is 11.9. The Morgan fingerprint density at radius 3 is 2.69 bits per heavy atom. The Morgan fingerprint density at radius 2 is 2.25 bits per heavy atom. The second-order valence-corrected chi connectivity index (χ2v) is 4.75. The Balaban J connectivity index is 2.62. The monoisotopic (exact) mass is 225 g/mol. The van der Waals surface area contributed by atoms with Gasteiger partial charge in [0, 0.05) is 6.04 Å². The summed E-state index contributed by atoms with van der Waals surface area (Å²) < 4.78 is 1.49. The standard InChI is InChI=1S/C10H19N5O/c1-7(2)12-9(16)6-15-5-8(13-14-15)10(3,4)11/h5,7H,6,11H2,1-4H3,(H,12,16). The number of nitrogens with zero attached hydrogens (tertiary/aromatic N) is 3. The predicted octanol–water partition coefficient (Wildman–Crippen LogP) is -0.00350. The summed E-state index contributed by atoms with van der Waals surface area (Å²) in [6, 6.07) is 0.126. The molecule has 0 spiro atoms. The van der Waals surface area contributed by atoms with Gasteiger partial charge in [-0.1, -0.05) is 5.21 Å². The van der Waals surface area contributed by atoms with Gasteiger partial charge in [-0.05, 0) is 27.7 Å². The van der Waals surface area contributed by atoms with Crippen LogP contribution in [0.4, 0.5) is 0 Å². The molecular weight excluding hydrogens is 206 g/mol. The average Bonchev–Trinajstić information content (AvgIpc) is 2.49. The van der Waals surface area contributed by atoms with Crippen LogP contribution < -0.4 is 11.1 Å². The molecule has 0 aliphatic carbocycles. The quantitative estimate of drug-likeness (QED) is 0.755. The Hall–Kier alpha value is -1.43. The highest BCUT2D eigenvalue weighted by Crippen LogP contribution is 2.12. The van der Waals surface area contributed by atoms with Crippen LogP contribution in [0.15, 0.2) is 6.20 Å². The summed E-state index contributed by atoms with van der Waals surface area (Å²) in [5.74, 6) is -0.0822. The fraction of sp³-hybridized carbons (Fsp3) is 0.700. The number of amides is 1. The number of hydrogen-bond donors (Lipinski definition) is 2. The van der Waals surface area contributed by atoms with Crippen molar-refractivity contribution in [2.24, 2.45) is 5.73 Å². The van der Waals surface area contributed by atoms with Crippen molar-refractivity contribution in [1.29, 1.82) is 0 Å². The van der Waals surface area contributed by atoms with Gasteiger partial charge in [-0.15, -0.1) is 5.10 Å². The molecule has 1 rings (SSSR count). The summed E-state index contributed by atoms with van der Waals surface area (Å²) >= 11 is 0. The van der Waals surface area contributed by atoms with Crippen LogP contribution >= 0.6 is 0 Å². The molecule has 0 aliphatic rings. The minimum absolute atomic E-state index is 0.0822. The Morgan fingerprint density at radius 1 is 1.62 bits per heavy atom. The molecule has 1 amide bonds. The molecule has 0 bridgehead atoms. The SMILES string of the molecule is CC(C)NC(=O)Cn1cc(C(C)(C)N)nn1. The van der Waals surface area contributed by atoms with Crippen molar-refractivity contribution in [2.75, 3.05) is 0 Å². The number of nitrogens with one attached hydrogen (secondary N) is 1. The highest BCUT2D eigenvalue weighted by atomic mass is 16.2. The first-order valence-electron chi connectivity index (χ1n) is 5.28. The molecule has 0 saturated heterocycles. The van der Waals surface area contributed by atoms with Crippen LogP contribution in [0.5, 0.6) is 0 Å². The second kappa shape index (κ2) is 4.61. The van der Waals surface area contributed by atoms with E-state index in [-0.39, 0.29) is 18.5 Å². The summed E-state index contributed by atoms with van der Waals surface area (Å²) in [6.45, 7) is 7.67. The number of nitrogens with two attached hydrogens (primary N) is 1. The zero-order valence-corrected chi connectivity index (χ0v) is 10.2. The predicted molar refractivity (Wildman–Crippen MR) is 60.5 cm³/mol. The topological polar surface area (TPSA) is 85.8 Å². The molecule has 6 nitrogen and oxygen atoms in total. The third-order valence-electron chi connectivity index (χ3n) is 1.95. The smallest absolute Gasteiger partial charge is 0.241 e. The number of carbonyl (C=O) groups is 1. The van der Waals surface area contributed by atoms with Crippen LogP contribution in [0.3, 0.4) is 0 Å². The molecule has 6 heteroatoms. The maximum Gasteiger partial charge on any atom is 0.241 e. The zero-order valence-electron chi connectivity index (χ0n) is 10.2. The molecule has 0 radical (unpaired) electrons. The Bertz CT molecular complexity index is 364. The van der Waals surface area contributed by atoms with E-state index in [2.05, 4.69) is 15.6 Å². The van der Waals surface area contributed by atoms with Crippen molar-refractivity contribution in [1.82, 2.24) is 20.3 Å². The highest BCUT2D eigenvalue weighted by Gasteiger charge is 2.18. The van der Waals surface area contributed by atoms with Crippen molar-refractivity contribution in [3.63, 3.8) is 0 Å². The van der Waals surface area contributed by atoms with Gasteiger partial charge in [0.2, 0.25) is 5.91 Å². The van der Waals surface area contributed by atoms with E-state index in [0.717, 1.165) is 0 Å². The largest absolute Gasteiger partial charge is 0.352 e. The zero-order chi connectivity index (χ0) is 12.3. The number of hydrogen-bond acceptors (Lipinski definition) is 4. The van der Waals surface area contributed by atoms with Crippen LogP contribution in [-0.4, -0.2) is 26.9 Å². The van der Waals surface area contributed by atoms with E-state index in [1.165, 1.54) is 4.68 Å². The number of aromatic nitrogens is 3. The van der Waals surface area contributed by atoms with Gasteiger partial charge in [0.1, 0.15) is 12.2 Å². The van der Waals surface area contributed by atoms with Crippen molar-refractivity contribution < 1.29 is 4.79 Å². The van der Waals surface area contributed by atoms with Gasteiger partial charge in [0.15, 0.2) is 0 Å². The summed E-state index contributed by atoms with van der Waals surface area (Å²) in [6.07, 6.45) is 1.69. The van der Waals surface area contributed by atoms with Gasteiger partial charge in [-0.2, -0.15) is 0 Å². The summed E-state index contributed by atoms with van der Waals surface area (Å²) in [7, 11) is 0. The van der Waals surface area contributed by atoms with E-state index in [4.69, 9.17) is 5.73 Å². The lowest BCUT2D eigenvalue weighted by atomic mass is 10.0. The molecule has 0 fully saturated rings. The van der Waals surface area contributed by atoms with E-state index in [0.29, 0.717) is 5.69 Å². The minimum Gasteiger partial charge on any atom is -0.352 e. The Kier molecular flexibility index (Phi) is 3.64. The van der Waals surface area contributed by atoms with Crippen molar-refractivity contribution >= 4 is 5.91 Å². The molecular formula is C10H19N5O. The maximum atomic E-state index is 11.5. The van der Waals surface area contributed by atoms with E-state index in [1.54, 1.807) is 6.20 Å². The van der Waals surface area contributed by atoms with Crippen LogP contribution in [0.1, 0.15) is 33.4 Å². The van der Waals surface area contributed by atoms with Crippen LogP contribution in [0, 0.1) is 0 Å². The second-order valence-electron chi connectivity index (χ2n) is 4.75. The summed E-state index contributed by atoms with van der Waals surface area (Å²) in [5.41, 5.74) is 6.00. The molecule has 3 N–H and O–H groups in total. The van der Waals surface area contributed by atoms with Gasteiger partial charge >= 0.3 is 0 Å². The fourth-order valence-electron chi connectivity index (χ4n) is 1.19. The van der Waals surface area contributed by atoms with Gasteiger partial charge in [-0.3, -0.25) is 4.79 Å². The molecule has 16 heavy (non-hydrogen) atoms. The third kappa shape index (κ3) is 3.62. The molecule has 0 atom stereocenters. The Labute approximate surface area is 95.2 Å². The molecule has 1 aromatic rings. The van der Waals surface area contributed by atoms with Crippen molar-refractivity contribution in [3.8, 4) is 0 Å². The first kappa shape index (κ1) is 12.6. The van der Waals surface area contributed by atoms with Gasteiger partial charge in [0.25, 0.3) is 0 Å². The molecule has 0 unspecified atom stereocenters. The molecule has 0 saturated carbocycles. The molecule has 1 aromatic heterocycles. The highest BCUT2D eigenvalue weighted by molar-refractivity contribution is 5.75. The lowest BCUT2D eigenvalue weighted by molar-refractivity contribution is -0.122. The fourth-order valence-corrected chi connectivity index (χ4v) is 1.19. The van der Waals surface area contributed by atoms with E-state index < -0.39 is 5.54 Å². The maximum absolute atomic E-state index is 11.5. The van der Waals surface area contributed by atoms with Crippen LogP contribution in [0.2, 0.25) is 0 Å². The van der Waals surface area contributed by atoms with Gasteiger partial charge < -0.3 is 11.1 Å². The average molecular weight is 225 g/mol. The summed E-state index contributed by atoms with van der Waals surface area (Å²) in [4.78, 5) is 11.5. The van der Waals surface area contributed by atoms with Gasteiger partial charge in [-0.25, -0.2) is 4.68 Å². The van der Waals surface area contributed by atoms with Crippen molar-refractivity contribution in [3.05, 3.63) is 11.9 Å². The molecule has 0 aliphatic heterocycles. The molecule has 1 heterocycles. The number of carbonyl (C=O) groups excluding carboxylic acids is 1. The third-order valence-corrected chi connectivity index (χ3v) is 1.95.